The molecule has 0 fully saturated rings. The number of halogens is 3. The number of aliphatic hydroxyl groups is 1. The molecule has 0 spiro atoms. The lowest BCUT2D eigenvalue weighted by Gasteiger charge is -2.18. The van der Waals surface area contributed by atoms with Gasteiger partial charge >= 0.3 is 0 Å². The molecule has 5 heteroatoms. The monoisotopic (exact) mass is 283 g/mol. The molecule has 2 nitrogen and oxygen atoms in total. The second-order valence-electron chi connectivity index (χ2n) is 4.06. The number of rotatable bonds is 4. The molecule has 0 aliphatic rings. The fourth-order valence-corrected chi connectivity index (χ4v) is 1.84. The quantitative estimate of drug-likeness (QED) is 0.895. The van der Waals surface area contributed by atoms with Gasteiger partial charge in [-0.2, -0.15) is 0 Å². The Bertz CT molecular complexity index is 560. The molecule has 2 N–H and O–H groups in total. The van der Waals surface area contributed by atoms with Crippen LogP contribution < -0.4 is 5.32 Å². The van der Waals surface area contributed by atoms with Gasteiger partial charge in [-0.05, 0) is 42.0 Å². The molecule has 2 aromatic carbocycles. The van der Waals surface area contributed by atoms with Crippen LogP contribution >= 0.6 is 11.6 Å². The Morgan fingerprint density at radius 3 is 2.32 bits per heavy atom. The van der Waals surface area contributed by atoms with Crippen molar-refractivity contribution in [1.82, 2.24) is 0 Å². The molecule has 1 unspecified atom stereocenters. The molecule has 2 rings (SSSR count). The minimum Gasteiger partial charge on any atom is -0.394 e. The summed E-state index contributed by atoms with van der Waals surface area (Å²) in [4.78, 5) is 0. The molecule has 1 atom stereocenters. The number of hydrogen-bond donors (Lipinski definition) is 2. The van der Waals surface area contributed by atoms with Gasteiger partial charge in [0.05, 0.1) is 12.6 Å². The summed E-state index contributed by atoms with van der Waals surface area (Å²) in [6.07, 6.45) is 0. The molecule has 0 saturated carbocycles. The summed E-state index contributed by atoms with van der Waals surface area (Å²) in [5.41, 5.74) is 1.20. The van der Waals surface area contributed by atoms with Crippen molar-refractivity contribution in [1.29, 1.82) is 0 Å². The van der Waals surface area contributed by atoms with Crippen molar-refractivity contribution in [2.75, 3.05) is 11.9 Å². The van der Waals surface area contributed by atoms with Gasteiger partial charge in [0.1, 0.15) is 0 Å². The van der Waals surface area contributed by atoms with Crippen molar-refractivity contribution in [3.05, 3.63) is 64.7 Å². The van der Waals surface area contributed by atoms with Crippen LogP contribution in [0.25, 0.3) is 0 Å². The Balaban J connectivity index is 2.19. The van der Waals surface area contributed by atoms with Gasteiger partial charge < -0.3 is 10.4 Å². The Morgan fingerprint density at radius 2 is 1.74 bits per heavy atom. The van der Waals surface area contributed by atoms with Crippen LogP contribution in [-0.4, -0.2) is 11.7 Å². The van der Waals surface area contributed by atoms with E-state index in [2.05, 4.69) is 5.32 Å². The first-order valence-corrected chi connectivity index (χ1v) is 6.06. The van der Waals surface area contributed by atoms with Crippen molar-refractivity contribution in [3.63, 3.8) is 0 Å². The summed E-state index contributed by atoms with van der Waals surface area (Å²) < 4.78 is 26.0. The zero-order chi connectivity index (χ0) is 13.8. The normalized spacial score (nSPS) is 12.2. The summed E-state index contributed by atoms with van der Waals surface area (Å²) in [6.45, 7) is -0.242. The van der Waals surface area contributed by atoms with Crippen molar-refractivity contribution in [2.45, 2.75) is 6.04 Å². The van der Waals surface area contributed by atoms with Gasteiger partial charge in [-0.3, -0.25) is 0 Å². The van der Waals surface area contributed by atoms with Crippen LogP contribution in [0.4, 0.5) is 14.5 Å². The van der Waals surface area contributed by atoms with Crippen LogP contribution in [0.15, 0.2) is 42.5 Å². The molecule has 0 radical (unpaired) electrons. The lowest BCUT2D eigenvalue weighted by atomic mass is 10.1. The summed E-state index contributed by atoms with van der Waals surface area (Å²) in [6, 6.07) is 9.90. The minimum absolute atomic E-state index is 0.242. The molecular weight excluding hydrogens is 272 g/mol. The minimum atomic E-state index is -0.936. The predicted molar refractivity (Wildman–Crippen MR) is 71.3 cm³/mol. The van der Waals surface area contributed by atoms with E-state index in [1.54, 1.807) is 24.3 Å². The van der Waals surface area contributed by atoms with Gasteiger partial charge in [-0.15, -0.1) is 0 Å². The topological polar surface area (TPSA) is 32.3 Å². The molecule has 0 saturated heterocycles. The van der Waals surface area contributed by atoms with E-state index in [4.69, 9.17) is 11.6 Å². The second kappa shape index (κ2) is 5.99. The van der Waals surface area contributed by atoms with E-state index in [9.17, 15) is 13.9 Å². The third-order valence-corrected chi connectivity index (χ3v) is 2.97. The molecule has 0 bridgehead atoms. The fourth-order valence-electron chi connectivity index (χ4n) is 1.71. The maximum Gasteiger partial charge on any atom is 0.159 e. The Kier molecular flexibility index (Phi) is 4.35. The van der Waals surface area contributed by atoms with Gasteiger partial charge in [-0.25, -0.2) is 8.78 Å². The molecule has 0 aromatic heterocycles. The van der Waals surface area contributed by atoms with Gasteiger partial charge in [0, 0.05) is 10.7 Å². The Morgan fingerprint density at radius 1 is 1.05 bits per heavy atom. The Labute approximate surface area is 114 Å². The first-order chi connectivity index (χ1) is 9.10. The summed E-state index contributed by atoms with van der Waals surface area (Å²) >= 11 is 5.77. The lowest BCUT2D eigenvalue weighted by molar-refractivity contribution is 0.276. The van der Waals surface area contributed by atoms with E-state index < -0.39 is 17.7 Å². The molecule has 0 amide bonds. The highest BCUT2D eigenvalue weighted by Gasteiger charge is 2.12. The van der Waals surface area contributed by atoms with Crippen molar-refractivity contribution >= 4 is 17.3 Å². The maximum absolute atomic E-state index is 13.2. The summed E-state index contributed by atoms with van der Waals surface area (Å²) in [5.74, 6) is -1.85. The van der Waals surface area contributed by atoms with E-state index in [-0.39, 0.29) is 6.61 Å². The first kappa shape index (κ1) is 13.8. The van der Waals surface area contributed by atoms with Crippen LogP contribution in [0.2, 0.25) is 5.02 Å². The molecule has 0 aliphatic heterocycles. The smallest absolute Gasteiger partial charge is 0.159 e. The zero-order valence-electron chi connectivity index (χ0n) is 9.91. The van der Waals surface area contributed by atoms with Crippen LogP contribution in [0, 0.1) is 11.6 Å². The lowest BCUT2D eigenvalue weighted by Crippen LogP contribution is -2.15. The van der Waals surface area contributed by atoms with Crippen molar-refractivity contribution in [3.8, 4) is 0 Å². The van der Waals surface area contributed by atoms with E-state index in [0.29, 0.717) is 10.6 Å². The summed E-state index contributed by atoms with van der Waals surface area (Å²) in [7, 11) is 0. The van der Waals surface area contributed by atoms with E-state index in [1.807, 2.05) is 0 Å². The molecule has 0 heterocycles. The van der Waals surface area contributed by atoms with Gasteiger partial charge in [0.2, 0.25) is 0 Å². The second-order valence-corrected chi connectivity index (χ2v) is 4.50. The van der Waals surface area contributed by atoms with Crippen LogP contribution in [0.1, 0.15) is 11.6 Å². The number of nitrogens with one attached hydrogen (secondary N) is 1. The number of aliphatic hydroxyl groups excluding tert-OH is 1. The van der Waals surface area contributed by atoms with Gasteiger partial charge in [0.15, 0.2) is 11.6 Å². The van der Waals surface area contributed by atoms with Crippen LogP contribution in [0.3, 0.4) is 0 Å². The van der Waals surface area contributed by atoms with Gasteiger partial charge in [0.25, 0.3) is 0 Å². The van der Waals surface area contributed by atoms with Gasteiger partial charge in [-0.1, -0.05) is 17.7 Å². The molecule has 2 aromatic rings. The Hall–Kier alpha value is -1.65. The largest absolute Gasteiger partial charge is 0.394 e. The third-order valence-electron chi connectivity index (χ3n) is 2.71. The number of hydrogen-bond acceptors (Lipinski definition) is 2. The molecule has 19 heavy (non-hydrogen) atoms. The molecular formula is C14H12ClF2NO. The molecule has 0 aliphatic carbocycles. The number of benzene rings is 2. The SMILES string of the molecule is OCC(Nc1ccc(Cl)cc1)c1ccc(F)c(F)c1. The van der Waals surface area contributed by atoms with Crippen LogP contribution in [0.5, 0.6) is 0 Å². The maximum atomic E-state index is 13.2. The van der Waals surface area contributed by atoms with Crippen molar-refractivity contribution in [2.24, 2.45) is 0 Å². The first-order valence-electron chi connectivity index (χ1n) is 5.68. The van der Waals surface area contributed by atoms with Crippen molar-refractivity contribution < 1.29 is 13.9 Å². The number of anilines is 1. The average molecular weight is 284 g/mol. The zero-order valence-corrected chi connectivity index (χ0v) is 10.7. The highest BCUT2D eigenvalue weighted by atomic mass is 35.5. The standard InChI is InChI=1S/C14H12ClF2NO/c15-10-2-4-11(5-3-10)18-14(8-19)9-1-6-12(16)13(17)7-9/h1-7,14,18-19H,8H2. The van der Waals surface area contributed by atoms with E-state index in [0.717, 1.165) is 17.8 Å². The summed E-state index contributed by atoms with van der Waals surface area (Å²) in [5, 5.41) is 13.0. The predicted octanol–water partition coefficient (Wildman–Crippen LogP) is 3.76. The third kappa shape index (κ3) is 3.43. The molecule has 100 valence electrons. The highest BCUT2D eigenvalue weighted by Crippen LogP contribution is 2.22. The fraction of sp³-hybridized carbons (Fsp3) is 0.143. The highest BCUT2D eigenvalue weighted by molar-refractivity contribution is 6.30. The van der Waals surface area contributed by atoms with Crippen LogP contribution in [-0.2, 0) is 0 Å². The van der Waals surface area contributed by atoms with E-state index >= 15 is 0 Å². The van der Waals surface area contributed by atoms with E-state index in [1.165, 1.54) is 6.07 Å². The average Bonchev–Trinajstić information content (AvgIpc) is 2.41.